The molecule has 0 saturated carbocycles. The van der Waals surface area contributed by atoms with E-state index in [1.165, 1.54) is 24.2 Å². The fourth-order valence-corrected chi connectivity index (χ4v) is 3.99. The summed E-state index contributed by atoms with van der Waals surface area (Å²) in [6.07, 6.45) is 3.32. The van der Waals surface area contributed by atoms with Gasteiger partial charge in [-0.1, -0.05) is 19.9 Å². The number of benzene rings is 1. The third kappa shape index (κ3) is 3.72. The number of likely N-dealkylation sites (tertiary alicyclic amines) is 1. The summed E-state index contributed by atoms with van der Waals surface area (Å²) < 4.78 is 6.78. The zero-order chi connectivity index (χ0) is 16.2. The third-order valence-electron chi connectivity index (χ3n) is 4.63. The lowest BCUT2D eigenvalue weighted by molar-refractivity contribution is 0.228. The number of hydrazone groups is 1. The molecule has 1 aromatic carbocycles. The minimum atomic E-state index is 0.279. The molecule has 3 rings (SSSR count). The van der Waals surface area contributed by atoms with Crippen molar-refractivity contribution in [3.8, 4) is 5.75 Å². The molecule has 4 nitrogen and oxygen atoms in total. The van der Waals surface area contributed by atoms with Crippen LogP contribution in [0.3, 0.4) is 0 Å². The van der Waals surface area contributed by atoms with Gasteiger partial charge in [0.25, 0.3) is 0 Å². The number of rotatable bonds is 6. The van der Waals surface area contributed by atoms with E-state index in [9.17, 15) is 0 Å². The van der Waals surface area contributed by atoms with Gasteiger partial charge in [-0.25, -0.2) is 0 Å². The first-order valence-corrected chi connectivity index (χ1v) is 9.48. The molecule has 2 aliphatic rings. The van der Waals surface area contributed by atoms with Gasteiger partial charge < -0.3 is 15.1 Å². The van der Waals surface area contributed by atoms with Crippen LogP contribution in [0.25, 0.3) is 0 Å². The van der Waals surface area contributed by atoms with Gasteiger partial charge in [0.15, 0.2) is 0 Å². The van der Waals surface area contributed by atoms with Crippen molar-refractivity contribution in [2.75, 3.05) is 26.2 Å². The molecule has 2 aliphatic heterocycles. The maximum Gasteiger partial charge on any atom is 0.133 e. The number of hydrogen-bond donors (Lipinski definition) is 1. The first-order valence-electron chi connectivity index (χ1n) is 8.69. The number of halogens is 1. The van der Waals surface area contributed by atoms with E-state index in [4.69, 9.17) is 4.74 Å². The lowest BCUT2D eigenvalue weighted by Gasteiger charge is -2.33. The SMILES string of the molecule is CCCOc1ccc(C2NN=C3CCN(CCC)CC32)cc1Br. The van der Waals surface area contributed by atoms with Crippen LogP contribution in [0.2, 0.25) is 0 Å². The highest BCUT2D eigenvalue weighted by Crippen LogP contribution is 2.36. The van der Waals surface area contributed by atoms with Gasteiger partial charge in [0.05, 0.1) is 17.1 Å². The molecule has 0 amide bonds. The van der Waals surface area contributed by atoms with Crippen molar-refractivity contribution in [2.24, 2.45) is 11.0 Å². The average Bonchev–Trinajstić information content (AvgIpc) is 2.97. The van der Waals surface area contributed by atoms with Crippen molar-refractivity contribution >= 4 is 21.6 Å². The third-order valence-corrected chi connectivity index (χ3v) is 5.25. The van der Waals surface area contributed by atoms with Gasteiger partial charge in [-0.15, -0.1) is 0 Å². The van der Waals surface area contributed by atoms with E-state index in [-0.39, 0.29) is 6.04 Å². The normalized spacial score (nSPS) is 24.0. The zero-order valence-electron chi connectivity index (χ0n) is 14.0. The second kappa shape index (κ2) is 7.67. The van der Waals surface area contributed by atoms with Gasteiger partial charge in [-0.2, -0.15) is 5.10 Å². The molecule has 23 heavy (non-hydrogen) atoms. The summed E-state index contributed by atoms with van der Waals surface area (Å²) >= 11 is 3.65. The van der Waals surface area contributed by atoms with E-state index in [0.717, 1.165) is 42.8 Å². The Bertz CT molecular complexity index is 575. The van der Waals surface area contributed by atoms with E-state index in [1.54, 1.807) is 0 Å². The highest BCUT2D eigenvalue weighted by molar-refractivity contribution is 9.10. The number of nitrogens with one attached hydrogen (secondary N) is 1. The monoisotopic (exact) mass is 379 g/mol. The predicted molar refractivity (Wildman–Crippen MR) is 98.1 cm³/mol. The summed E-state index contributed by atoms with van der Waals surface area (Å²) in [5.74, 6) is 1.41. The smallest absolute Gasteiger partial charge is 0.133 e. The summed E-state index contributed by atoms with van der Waals surface area (Å²) in [6.45, 7) is 8.56. The van der Waals surface area contributed by atoms with Crippen molar-refractivity contribution < 1.29 is 4.74 Å². The Kier molecular flexibility index (Phi) is 5.59. The lowest BCUT2D eigenvalue weighted by atomic mass is 9.86. The van der Waals surface area contributed by atoms with Crippen LogP contribution in [-0.2, 0) is 0 Å². The largest absolute Gasteiger partial charge is 0.492 e. The molecule has 2 unspecified atom stereocenters. The van der Waals surface area contributed by atoms with Gasteiger partial charge in [-0.3, -0.25) is 0 Å². The fraction of sp³-hybridized carbons (Fsp3) is 0.611. The second-order valence-electron chi connectivity index (χ2n) is 6.41. The van der Waals surface area contributed by atoms with Gasteiger partial charge >= 0.3 is 0 Å². The lowest BCUT2D eigenvalue weighted by Crippen LogP contribution is -2.42. The summed E-state index contributed by atoms with van der Waals surface area (Å²) in [5, 5.41) is 4.61. The predicted octanol–water partition coefficient (Wildman–Crippen LogP) is 3.97. The Morgan fingerprint density at radius 1 is 1.35 bits per heavy atom. The first-order chi connectivity index (χ1) is 11.2. The quantitative estimate of drug-likeness (QED) is 0.812. The van der Waals surface area contributed by atoms with E-state index >= 15 is 0 Å². The van der Waals surface area contributed by atoms with Crippen LogP contribution in [0.1, 0.15) is 44.7 Å². The van der Waals surface area contributed by atoms with Crippen LogP contribution in [0, 0.1) is 5.92 Å². The second-order valence-corrected chi connectivity index (χ2v) is 7.26. The van der Waals surface area contributed by atoms with Gasteiger partial charge in [0, 0.05) is 31.1 Å². The molecule has 1 fully saturated rings. The summed E-state index contributed by atoms with van der Waals surface area (Å²) in [4.78, 5) is 2.57. The van der Waals surface area contributed by atoms with Gasteiger partial charge in [-0.05, 0) is 53.0 Å². The molecule has 1 saturated heterocycles. The molecule has 0 aromatic heterocycles. The highest BCUT2D eigenvalue weighted by Gasteiger charge is 2.36. The van der Waals surface area contributed by atoms with Crippen LogP contribution in [0.4, 0.5) is 0 Å². The molecular formula is C18H26BrN3O. The Morgan fingerprint density at radius 2 is 2.22 bits per heavy atom. The van der Waals surface area contributed by atoms with E-state index in [1.807, 2.05) is 0 Å². The molecule has 126 valence electrons. The van der Waals surface area contributed by atoms with E-state index in [0.29, 0.717) is 5.92 Å². The van der Waals surface area contributed by atoms with Gasteiger partial charge in [0.1, 0.15) is 5.75 Å². The summed E-state index contributed by atoms with van der Waals surface area (Å²) in [6, 6.07) is 6.70. The number of ether oxygens (including phenoxy) is 1. The molecule has 0 aliphatic carbocycles. The summed E-state index contributed by atoms with van der Waals surface area (Å²) in [5.41, 5.74) is 5.99. The molecule has 2 heterocycles. The molecule has 0 radical (unpaired) electrons. The van der Waals surface area contributed by atoms with Crippen LogP contribution >= 0.6 is 15.9 Å². The van der Waals surface area contributed by atoms with E-state index in [2.05, 4.69) is 63.4 Å². The molecule has 2 atom stereocenters. The standard InChI is InChI=1S/C18H26BrN3O/c1-3-8-22-9-7-16-14(12-22)18(21-20-16)13-5-6-17(15(19)11-13)23-10-4-2/h5-6,11,14,18,21H,3-4,7-10,12H2,1-2H3. The molecule has 1 N–H and O–H groups in total. The van der Waals surface area contributed by atoms with Crippen molar-refractivity contribution in [3.05, 3.63) is 28.2 Å². The molecule has 0 bridgehead atoms. The Morgan fingerprint density at radius 3 is 2.96 bits per heavy atom. The Labute approximate surface area is 147 Å². The number of hydrogen-bond acceptors (Lipinski definition) is 4. The zero-order valence-corrected chi connectivity index (χ0v) is 15.6. The average molecular weight is 380 g/mol. The minimum absolute atomic E-state index is 0.279. The highest BCUT2D eigenvalue weighted by atomic mass is 79.9. The van der Waals surface area contributed by atoms with Crippen molar-refractivity contribution in [1.82, 2.24) is 10.3 Å². The minimum Gasteiger partial charge on any atom is -0.492 e. The molecule has 0 spiro atoms. The number of piperidine rings is 1. The van der Waals surface area contributed by atoms with Crippen LogP contribution in [-0.4, -0.2) is 36.9 Å². The van der Waals surface area contributed by atoms with Crippen molar-refractivity contribution in [2.45, 2.75) is 39.2 Å². The Hall–Kier alpha value is -1.07. The van der Waals surface area contributed by atoms with Crippen molar-refractivity contribution in [1.29, 1.82) is 0 Å². The van der Waals surface area contributed by atoms with Gasteiger partial charge in [0.2, 0.25) is 0 Å². The van der Waals surface area contributed by atoms with Crippen LogP contribution < -0.4 is 10.2 Å². The number of fused-ring (bicyclic) bond motifs is 1. The fourth-order valence-electron chi connectivity index (χ4n) is 3.48. The van der Waals surface area contributed by atoms with E-state index < -0.39 is 0 Å². The maximum absolute atomic E-state index is 5.76. The van der Waals surface area contributed by atoms with Crippen LogP contribution in [0.5, 0.6) is 5.75 Å². The summed E-state index contributed by atoms with van der Waals surface area (Å²) in [7, 11) is 0. The Balaban J connectivity index is 1.73. The molecule has 5 heteroatoms. The van der Waals surface area contributed by atoms with Crippen LogP contribution in [0.15, 0.2) is 27.8 Å². The van der Waals surface area contributed by atoms with Crippen molar-refractivity contribution in [3.63, 3.8) is 0 Å². The first kappa shape index (κ1) is 16.8. The maximum atomic E-state index is 5.76. The molecular weight excluding hydrogens is 354 g/mol. The topological polar surface area (TPSA) is 36.9 Å². The molecule has 1 aromatic rings. The number of nitrogens with zero attached hydrogens (tertiary/aromatic N) is 2.